The van der Waals surface area contributed by atoms with Crippen molar-refractivity contribution in [3.8, 4) is 23.0 Å². The third-order valence-electron chi connectivity index (χ3n) is 15.1. The Kier molecular flexibility index (Phi) is 15.8. The fraction of sp³-hybridized carbons (Fsp3) is 0.556. The van der Waals surface area contributed by atoms with E-state index in [2.05, 4.69) is 23.6 Å². The smallest absolute Gasteiger partial charge is 0.269 e. The first-order valence-corrected chi connectivity index (χ1v) is 25.3. The summed E-state index contributed by atoms with van der Waals surface area (Å²) in [7, 11) is 0. The van der Waals surface area contributed by atoms with Crippen molar-refractivity contribution < 1.29 is 48.5 Å². The fourth-order valence-electron chi connectivity index (χ4n) is 11.6. The second kappa shape index (κ2) is 22.5. The Labute approximate surface area is 405 Å². The first kappa shape index (κ1) is 48.5. The molecule has 370 valence electrons. The average molecular weight is 949 g/mol. The minimum atomic E-state index is -1.43. The molecule has 15 nitrogen and oxygen atoms in total. The number of aliphatic hydroxyl groups excluding tert-OH is 2. The molecule has 69 heavy (non-hydrogen) atoms. The average Bonchev–Trinajstić information content (AvgIpc) is 3.79. The summed E-state index contributed by atoms with van der Waals surface area (Å²) in [5.74, 6) is 1.14. The van der Waals surface area contributed by atoms with Crippen LogP contribution in [0.25, 0.3) is 0 Å². The van der Waals surface area contributed by atoms with Crippen LogP contribution < -0.4 is 18.9 Å². The molecule has 3 aromatic carbocycles. The summed E-state index contributed by atoms with van der Waals surface area (Å²) < 4.78 is 32.8. The van der Waals surface area contributed by atoms with E-state index in [4.69, 9.17) is 33.7 Å². The Balaban J connectivity index is 1.20. The van der Waals surface area contributed by atoms with Gasteiger partial charge in [0.2, 0.25) is 18.5 Å². The predicted octanol–water partition coefficient (Wildman–Crippen LogP) is 8.85. The molecule has 2 saturated carbocycles. The first-order chi connectivity index (χ1) is 33.8. The molecule has 3 fully saturated rings. The molecular weight excluding hydrogens is 881 g/mol. The number of ether oxygens (including phenoxy) is 5. The molecule has 9 rings (SSSR count). The predicted molar refractivity (Wildman–Crippen MR) is 259 cm³/mol. The number of unbranched alkanes of at least 4 members (excludes halogenated alkanes) is 2. The van der Waals surface area contributed by atoms with Crippen LogP contribution in [-0.2, 0) is 27.5 Å². The van der Waals surface area contributed by atoms with Crippen LogP contribution in [0.15, 0.2) is 90.1 Å². The molecule has 0 aromatic heterocycles. The molecule has 0 radical (unpaired) electrons. The van der Waals surface area contributed by atoms with Crippen LogP contribution in [0.5, 0.6) is 23.0 Å². The van der Waals surface area contributed by atoms with Crippen molar-refractivity contribution >= 4 is 17.3 Å². The topological polar surface area (TPSA) is 175 Å². The monoisotopic (exact) mass is 948 g/mol. The van der Waals surface area contributed by atoms with Crippen LogP contribution in [-0.4, -0.2) is 101 Å². The lowest BCUT2D eigenvalue weighted by Gasteiger charge is -2.60. The Hall–Kier alpha value is -5.48. The van der Waals surface area contributed by atoms with Crippen molar-refractivity contribution in [2.75, 3.05) is 52.9 Å². The molecule has 15 heteroatoms. The molecular formula is C54H68N4O11. The van der Waals surface area contributed by atoms with Gasteiger partial charge in [0.15, 0.2) is 11.5 Å². The highest BCUT2D eigenvalue weighted by molar-refractivity contribution is 6.03. The number of carbonyl (C=O) groups excluding carboxylic acids is 1. The van der Waals surface area contributed by atoms with E-state index in [1.54, 1.807) is 18.2 Å². The number of carbonyl (C=O) groups is 1. The van der Waals surface area contributed by atoms with E-state index < -0.39 is 22.7 Å². The van der Waals surface area contributed by atoms with Gasteiger partial charge in [-0.15, -0.1) is 6.58 Å². The number of oxime groups is 1. The lowest BCUT2D eigenvalue weighted by Crippen LogP contribution is -2.70. The molecule has 1 amide bonds. The summed E-state index contributed by atoms with van der Waals surface area (Å²) in [5.41, 5.74) is 4.17. The van der Waals surface area contributed by atoms with Crippen molar-refractivity contribution in [1.29, 1.82) is 0 Å². The summed E-state index contributed by atoms with van der Waals surface area (Å²) in [6.45, 7) is 8.41. The van der Waals surface area contributed by atoms with Crippen LogP contribution in [0.2, 0.25) is 0 Å². The molecule has 3 aromatic rings. The molecule has 2 N–H and O–H groups in total. The van der Waals surface area contributed by atoms with Crippen LogP contribution in [0.1, 0.15) is 106 Å². The quantitative estimate of drug-likeness (QED) is 0.0272. The molecule has 1 saturated heterocycles. The lowest BCUT2D eigenvalue weighted by molar-refractivity contribution is -0.384. The zero-order valence-corrected chi connectivity index (χ0v) is 39.7. The highest BCUT2D eigenvalue weighted by Gasteiger charge is 2.65. The zero-order valence-electron chi connectivity index (χ0n) is 39.7. The van der Waals surface area contributed by atoms with Gasteiger partial charge < -0.3 is 43.6 Å². The van der Waals surface area contributed by atoms with Gasteiger partial charge in [0.05, 0.1) is 23.2 Å². The number of nitro groups is 1. The van der Waals surface area contributed by atoms with Crippen molar-refractivity contribution in [2.45, 2.75) is 114 Å². The van der Waals surface area contributed by atoms with Gasteiger partial charge in [0, 0.05) is 75.8 Å². The molecule has 0 bridgehead atoms. The SMILES string of the molecule is C=CCOC12Oc3ccc(OCCN4CC4)cc3C3C(CCCCO)C(CCCCO)C=C(C(=NOCc4ccc([N+](=O)[O-])cc4)CC1N(Cc1ccc4c(c1)OCO4)C(=O)CCC1CCCC1)C32. The van der Waals surface area contributed by atoms with E-state index in [0.717, 1.165) is 92.6 Å². The zero-order chi connectivity index (χ0) is 47.7. The van der Waals surface area contributed by atoms with E-state index in [1.807, 2.05) is 35.2 Å². The van der Waals surface area contributed by atoms with E-state index in [0.29, 0.717) is 54.7 Å². The Morgan fingerprint density at radius 1 is 0.942 bits per heavy atom. The molecule has 6 unspecified atom stereocenters. The molecule has 3 aliphatic heterocycles. The highest BCUT2D eigenvalue weighted by atomic mass is 16.7. The Morgan fingerprint density at radius 3 is 2.45 bits per heavy atom. The highest BCUT2D eigenvalue weighted by Crippen LogP contribution is 2.62. The van der Waals surface area contributed by atoms with Gasteiger partial charge in [-0.2, -0.15) is 0 Å². The number of allylic oxidation sites excluding steroid dienone is 1. The summed E-state index contributed by atoms with van der Waals surface area (Å²) >= 11 is 0. The fourth-order valence-corrected chi connectivity index (χ4v) is 11.6. The van der Waals surface area contributed by atoms with Gasteiger partial charge >= 0.3 is 0 Å². The number of non-ortho nitro benzene ring substituents is 1. The standard InChI is InChI=1S/C54H68N4O11/c1-2-28-67-54-50(57(51(61)22-16-37-9-3-4-10-37)34-39-15-20-48-49(30-39)66-36-65-48)33-46(55-68-35-38-13-17-41(18-14-38)58(62)63)44-31-40(11-5-7-26-59)43(12-6-8-27-60)52(53(44)54)45-32-42(19-21-47(45)69-54)64-29-25-56-23-24-56/h2,13-15,17-21,30-32,37,40,43,50,52-53,59-60H,1,3-12,16,22-29,33-36H2. The summed E-state index contributed by atoms with van der Waals surface area (Å²) in [4.78, 5) is 37.0. The summed E-state index contributed by atoms with van der Waals surface area (Å²) in [5, 5.41) is 36.6. The third-order valence-corrected chi connectivity index (χ3v) is 15.1. The van der Waals surface area contributed by atoms with Crippen molar-refractivity contribution in [3.05, 3.63) is 112 Å². The second-order valence-corrected chi connectivity index (χ2v) is 19.6. The minimum Gasteiger partial charge on any atom is -0.492 e. The van der Waals surface area contributed by atoms with Gasteiger partial charge in [-0.05, 0) is 109 Å². The number of aliphatic hydroxyl groups is 2. The summed E-state index contributed by atoms with van der Waals surface area (Å²) in [6.07, 6.45) is 14.6. The molecule has 0 spiro atoms. The van der Waals surface area contributed by atoms with Crippen LogP contribution >= 0.6 is 0 Å². The molecule has 6 aliphatic rings. The third kappa shape index (κ3) is 11.1. The lowest BCUT2D eigenvalue weighted by atomic mass is 9.55. The van der Waals surface area contributed by atoms with E-state index in [9.17, 15) is 20.3 Å². The van der Waals surface area contributed by atoms with E-state index >= 15 is 4.79 Å². The largest absolute Gasteiger partial charge is 0.492 e. The normalized spacial score (nSPS) is 25.0. The molecule has 6 atom stereocenters. The number of nitrogens with zero attached hydrogens (tertiary/aromatic N) is 4. The second-order valence-electron chi connectivity index (χ2n) is 19.6. The van der Waals surface area contributed by atoms with E-state index in [1.165, 1.54) is 25.0 Å². The first-order valence-electron chi connectivity index (χ1n) is 25.3. The maximum absolute atomic E-state index is 15.4. The molecule has 3 heterocycles. The van der Waals surface area contributed by atoms with Crippen LogP contribution in [0, 0.1) is 33.8 Å². The van der Waals surface area contributed by atoms with Gasteiger partial charge in [-0.1, -0.05) is 61.9 Å². The molecule has 3 aliphatic carbocycles. The minimum absolute atomic E-state index is 0.0111. The van der Waals surface area contributed by atoms with Crippen LogP contribution in [0.4, 0.5) is 5.69 Å². The van der Waals surface area contributed by atoms with Gasteiger partial charge in [0.25, 0.3) is 5.69 Å². The Morgan fingerprint density at radius 2 is 1.70 bits per heavy atom. The van der Waals surface area contributed by atoms with Crippen LogP contribution in [0.3, 0.4) is 0 Å². The van der Waals surface area contributed by atoms with Crippen molar-refractivity contribution in [1.82, 2.24) is 9.80 Å². The number of fused-ring (bicyclic) bond motifs is 3. The van der Waals surface area contributed by atoms with Crippen molar-refractivity contribution in [3.63, 3.8) is 0 Å². The number of hydrogen-bond acceptors (Lipinski definition) is 13. The number of nitro benzene ring substituents is 1. The van der Waals surface area contributed by atoms with E-state index in [-0.39, 0.29) is 75.5 Å². The number of hydrogen-bond donors (Lipinski definition) is 2. The number of amides is 1. The number of benzene rings is 3. The summed E-state index contributed by atoms with van der Waals surface area (Å²) in [6, 6.07) is 17.5. The maximum Gasteiger partial charge on any atom is 0.269 e. The van der Waals surface area contributed by atoms with Gasteiger partial charge in [0.1, 0.15) is 30.8 Å². The number of rotatable bonds is 25. The van der Waals surface area contributed by atoms with Gasteiger partial charge in [-0.25, -0.2) is 0 Å². The van der Waals surface area contributed by atoms with Gasteiger partial charge in [-0.3, -0.25) is 19.8 Å². The maximum atomic E-state index is 15.4. The van der Waals surface area contributed by atoms with Crippen molar-refractivity contribution in [2.24, 2.45) is 28.8 Å². The Bertz CT molecular complexity index is 2330.